The Balaban J connectivity index is 1.59. The van der Waals surface area contributed by atoms with Gasteiger partial charge in [0.15, 0.2) is 11.8 Å². The first-order chi connectivity index (χ1) is 9.63. The number of nitrogens with zero attached hydrogens (tertiary/aromatic N) is 5. The van der Waals surface area contributed by atoms with Gasteiger partial charge in [0.1, 0.15) is 5.82 Å². The maximum absolute atomic E-state index is 4.42. The van der Waals surface area contributed by atoms with E-state index in [1.807, 2.05) is 25.6 Å². The fourth-order valence-electron chi connectivity index (χ4n) is 3.30. The third-order valence-electron chi connectivity index (χ3n) is 4.95. The van der Waals surface area contributed by atoms with Gasteiger partial charge in [0.25, 0.3) is 0 Å². The molecule has 0 amide bonds. The van der Waals surface area contributed by atoms with Crippen LogP contribution in [0.25, 0.3) is 0 Å². The van der Waals surface area contributed by atoms with Gasteiger partial charge in [0, 0.05) is 27.2 Å². The van der Waals surface area contributed by atoms with Gasteiger partial charge in [-0.3, -0.25) is 4.99 Å². The Hall–Kier alpha value is -1.59. The molecule has 1 spiro atoms. The second-order valence-corrected chi connectivity index (χ2v) is 6.15. The van der Waals surface area contributed by atoms with Gasteiger partial charge in [-0.25, -0.2) is 0 Å². The number of guanidine groups is 1. The van der Waals surface area contributed by atoms with E-state index in [0.717, 1.165) is 30.7 Å². The molecule has 0 unspecified atom stereocenters. The monoisotopic (exact) mass is 276 g/mol. The summed E-state index contributed by atoms with van der Waals surface area (Å²) in [4.78, 5) is 6.81. The van der Waals surface area contributed by atoms with E-state index in [-0.39, 0.29) is 0 Å². The molecule has 1 N–H and O–H groups in total. The van der Waals surface area contributed by atoms with Crippen molar-refractivity contribution in [3.05, 3.63) is 11.6 Å². The van der Waals surface area contributed by atoms with Crippen molar-refractivity contribution in [1.82, 2.24) is 25.0 Å². The van der Waals surface area contributed by atoms with Gasteiger partial charge in [-0.15, -0.1) is 10.2 Å². The molecule has 0 radical (unpaired) electrons. The fourth-order valence-corrected chi connectivity index (χ4v) is 3.30. The Morgan fingerprint density at radius 2 is 2.15 bits per heavy atom. The Morgan fingerprint density at radius 1 is 1.35 bits per heavy atom. The molecule has 20 heavy (non-hydrogen) atoms. The summed E-state index contributed by atoms with van der Waals surface area (Å²) in [6.07, 6.45) is 5.50. The van der Waals surface area contributed by atoms with E-state index >= 15 is 0 Å². The third kappa shape index (κ3) is 2.27. The van der Waals surface area contributed by atoms with Crippen molar-refractivity contribution in [2.75, 3.05) is 20.1 Å². The molecule has 2 heterocycles. The molecule has 0 bridgehead atoms. The Labute approximate surface area is 120 Å². The molecule has 6 heteroatoms. The second-order valence-electron chi connectivity index (χ2n) is 6.15. The number of aromatic nitrogens is 3. The molecule has 1 aromatic rings. The Kier molecular flexibility index (Phi) is 3.40. The largest absolute Gasteiger partial charge is 0.349 e. The molecule has 3 rings (SSSR count). The van der Waals surface area contributed by atoms with Crippen LogP contribution >= 0.6 is 0 Å². The van der Waals surface area contributed by atoms with Crippen LogP contribution in [0.2, 0.25) is 0 Å². The number of nitrogens with one attached hydrogen (secondary N) is 1. The van der Waals surface area contributed by atoms with E-state index in [9.17, 15) is 0 Å². The summed E-state index contributed by atoms with van der Waals surface area (Å²) in [6, 6.07) is 0. The smallest absolute Gasteiger partial charge is 0.194 e. The number of likely N-dealkylation sites (tertiary alicyclic amines) is 1. The molecule has 110 valence electrons. The molecule has 1 aliphatic carbocycles. The van der Waals surface area contributed by atoms with E-state index in [1.165, 1.54) is 25.7 Å². The fraction of sp³-hybridized carbons (Fsp3) is 0.786. The summed E-state index contributed by atoms with van der Waals surface area (Å²) in [5.41, 5.74) is 0.596. The normalized spacial score (nSPS) is 21.4. The topological polar surface area (TPSA) is 58.3 Å². The first-order valence-corrected chi connectivity index (χ1v) is 7.44. The van der Waals surface area contributed by atoms with Crippen LogP contribution < -0.4 is 5.32 Å². The molecule has 2 aliphatic rings. The minimum absolute atomic E-state index is 0.596. The zero-order valence-corrected chi connectivity index (χ0v) is 12.7. The molecule has 1 aromatic heterocycles. The van der Waals surface area contributed by atoms with Crippen LogP contribution in [-0.2, 0) is 13.6 Å². The summed E-state index contributed by atoms with van der Waals surface area (Å²) < 4.78 is 2.01. The molecule has 1 aliphatic heterocycles. The van der Waals surface area contributed by atoms with Crippen LogP contribution in [0.15, 0.2) is 4.99 Å². The summed E-state index contributed by atoms with van der Waals surface area (Å²) in [5, 5.41) is 11.7. The molecule has 0 atom stereocenters. The van der Waals surface area contributed by atoms with E-state index in [4.69, 9.17) is 0 Å². The van der Waals surface area contributed by atoms with Crippen molar-refractivity contribution in [3.63, 3.8) is 0 Å². The summed E-state index contributed by atoms with van der Waals surface area (Å²) in [6.45, 7) is 4.92. The van der Waals surface area contributed by atoms with Crippen LogP contribution in [-0.4, -0.2) is 45.8 Å². The molecule has 1 saturated heterocycles. The van der Waals surface area contributed by atoms with E-state index in [1.54, 1.807) is 0 Å². The van der Waals surface area contributed by atoms with Gasteiger partial charge < -0.3 is 14.8 Å². The lowest BCUT2D eigenvalue weighted by Crippen LogP contribution is -2.42. The zero-order chi connectivity index (χ0) is 14.2. The first kappa shape index (κ1) is 13.4. The van der Waals surface area contributed by atoms with Crippen molar-refractivity contribution >= 4 is 5.96 Å². The highest BCUT2D eigenvalue weighted by Crippen LogP contribution is 2.47. The summed E-state index contributed by atoms with van der Waals surface area (Å²) in [5.74, 6) is 2.88. The van der Waals surface area contributed by atoms with Crippen molar-refractivity contribution < 1.29 is 0 Å². The second kappa shape index (κ2) is 5.07. The number of aliphatic imine (C=N–C) groups is 1. The van der Waals surface area contributed by atoms with Gasteiger partial charge in [-0.1, -0.05) is 6.42 Å². The van der Waals surface area contributed by atoms with E-state index < -0.39 is 0 Å². The molecule has 1 saturated carbocycles. The van der Waals surface area contributed by atoms with Gasteiger partial charge in [0.05, 0.1) is 6.54 Å². The van der Waals surface area contributed by atoms with Crippen LogP contribution in [0.5, 0.6) is 0 Å². The van der Waals surface area contributed by atoms with Crippen LogP contribution in [0.1, 0.15) is 37.3 Å². The van der Waals surface area contributed by atoms with Crippen LogP contribution in [0.4, 0.5) is 0 Å². The predicted octanol–water partition coefficient (Wildman–Crippen LogP) is 1.07. The van der Waals surface area contributed by atoms with Gasteiger partial charge >= 0.3 is 0 Å². The van der Waals surface area contributed by atoms with Crippen LogP contribution in [0.3, 0.4) is 0 Å². The minimum Gasteiger partial charge on any atom is -0.349 e. The molecular formula is C14H24N6. The average molecular weight is 276 g/mol. The average Bonchev–Trinajstić information content (AvgIpc) is 2.98. The summed E-state index contributed by atoms with van der Waals surface area (Å²) >= 11 is 0. The first-order valence-electron chi connectivity index (χ1n) is 7.44. The minimum atomic E-state index is 0.596. The lowest BCUT2D eigenvalue weighted by atomic mass is 9.68. The lowest BCUT2D eigenvalue weighted by Gasteiger charge is -2.38. The lowest BCUT2D eigenvalue weighted by molar-refractivity contribution is 0.151. The highest BCUT2D eigenvalue weighted by molar-refractivity contribution is 5.80. The van der Waals surface area contributed by atoms with Crippen molar-refractivity contribution in [2.45, 2.75) is 39.2 Å². The maximum Gasteiger partial charge on any atom is 0.194 e. The number of hydrogen-bond donors (Lipinski definition) is 1. The van der Waals surface area contributed by atoms with Crippen LogP contribution in [0, 0.1) is 12.3 Å². The molecule has 0 aromatic carbocycles. The number of rotatable bonds is 2. The Bertz CT molecular complexity index is 514. The molecule has 2 fully saturated rings. The molecular weight excluding hydrogens is 252 g/mol. The maximum atomic E-state index is 4.42. The highest BCUT2D eigenvalue weighted by Gasteiger charge is 2.43. The van der Waals surface area contributed by atoms with E-state index in [2.05, 4.69) is 25.4 Å². The number of aryl methyl sites for hydroxylation is 1. The Morgan fingerprint density at radius 3 is 2.65 bits per heavy atom. The highest BCUT2D eigenvalue weighted by atomic mass is 15.3. The zero-order valence-electron chi connectivity index (χ0n) is 12.7. The van der Waals surface area contributed by atoms with Gasteiger partial charge in [-0.05, 0) is 31.6 Å². The standard InChI is InChI=1S/C14H24N6/c1-11-17-18-12(19(11)3)9-16-13(15-2)20-8-7-14(10-20)5-4-6-14/h4-10H2,1-3H3,(H,15,16). The summed E-state index contributed by atoms with van der Waals surface area (Å²) in [7, 11) is 3.85. The number of hydrogen-bond acceptors (Lipinski definition) is 3. The van der Waals surface area contributed by atoms with Crippen molar-refractivity contribution in [3.8, 4) is 0 Å². The van der Waals surface area contributed by atoms with Gasteiger partial charge in [-0.2, -0.15) is 0 Å². The molecule has 6 nitrogen and oxygen atoms in total. The van der Waals surface area contributed by atoms with Gasteiger partial charge in [0.2, 0.25) is 0 Å². The third-order valence-corrected chi connectivity index (χ3v) is 4.95. The SMILES string of the molecule is CN=C(NCc1nnc(C)n1C)N1CCC2(CCC2)C1. The van der Waals surface area contributed by atoms with Crippen molar-refractivity contribution in [1.29, 1.82) is 0 Å². The van der Waals surface area contributed by atoms with Crippen molar-refractivity contribution in [2.24, 2.45) is 17.5 Å². The predicted molar refractivity (Wildman–Crippen MR) is 78.4 cm³/mol. The quantitative estimate of drug-likeness (QED) is 0.648. The van der Waals surface area contributed by atoms with E-state index in [0.29, 0.717) is 12.0 Å².